The van der Waals surface area contributed by atoms with Crippen molar-refractivity contribution < 1.29 is 14.0 Å². The van der Waals surface area contributed by atoms with Crippen molar-refractivity contribution in [1.82, 2.24) is 15.1 Å². The van der Waals surface area contributed by atoms with E-state index in [0.717, 1.165) is 31.2 Å². The van der Waals surface area contributed by atoms with Gasteiger partial charge in [0, 0.05) is 6.42 Å². The molecule has 1 unspecified atom stereocenters. The van der Waals surface area contributed by atoms with E-state index >= 15 is 0 Å². The molecule has 1 saturated carbocycles. The summed E-state index contributed by atoms with van der Waals surface area (Å²) >= 11 is 0. The van der Waals surface area contributed by atoms with Crippen LogP contribution in [-0.4, -0.2) is 20.2 Å². The molecule has 0 bridgehead atoms. The lowest BCUT2D eigenvalue weighted by atomic mass is 9.85. The molecule has 0 spiro atoms. The fourth-order valence-corrected chi connectivity index (χ4v) is 3.17. The fourth-order valence-electron chi connectivity index (χ4n) is 3.17. The molecule has 2 heterocycles. The Bertz CT molecular complexity index is 838. The molecular formula is C19H21N3O3. The minimum atomic E-state index is -0.970. The summed E-state index contributed by atoms with van der Waals surface area (Å²) in [5.74, 6) is 1.71. The van der Waals surface area contributed by atoms with Gasteiger partial charge in [0.2, 0.25) is 11.7 Å². The van der Waals surface area contributed by atoms with Crippen LogP contribution in [-0.2, 0) is 18.4 Å². The van der Waals surface area contributed by atoms with Crippen LogP contribution in [0.25, 0.3) is 11.5 Å². The SMILES string of the molecule is CCCc1nc(-c2noc(CC(O)(c3ccccc3)C3CC3)n2)co1. The summed E-state index contributed by atoms with van der Waals surface area (Å²) in [6.45, 7) is 2.07. The maximum atomic E-state index is 11.3. The minimum absolute atomic E-state index is 0.230. The number of nitrogens with zero attached hydrogens (tertiary/aromatic N) is 3. The molecule has 3 aromatic rings. The van der Waals surface area contributed by atoms with E-state index in [-0.39, 0.29) is 5.92 Å². The molecule has 1 aromatic carbocycles. The van der Waals surface area contributed by atoms with Crippen molar-refractivity contribution in [3.05, 3.63) is 53.9 Å². The molecule has 0 radical (unpaired) electrons. The largest absolute Gasteiger partial charge is 0.448 e. The standard InChI is InChI=1S/C19H21N3O3/c1-2-6-16-20-15(12-24-16)18-21-17(25-22-18)11-19(23,14-9-10-14)13-7-4-3-5-8-13/h3-5,7-8,12,14,23H,2,6,9-11H2,1H3. The monoisotopic (exact) mass is 339 g/mol. The molecule has 1 aliphatic carbocycles. The number of aryl methyl sites for hydroxylation is 1. The summed E-state index contributed by atoms with van der Waals surface area (Å²) in [6, 6.07) is 9.72. The molecule has 6 nitrogen and oxygen atoms in total. The highest BCUT2D eigenvalue weighted by Gasteiger charge is 2.46. The van der Waals surface area contributed by atoms with Crippen LogP contribution in [0.5, 0.6) is 0 Å². The summed E-state index contributed by atoms with van der Waals surface area (Å²) in [5.41, 5.74) is 0.486. The zero-order valence-corrected chi connectivity index (χ0v) is 14.2. The van der Waals surface area contributed by atoms with E-state index in [9.17, 15) is 5.11 Å². The van der Waals surface area contributed by atoms with Crippen LogP contribution in [0, 0.1) is 5.92 Å². The maximum Gasteiger partial charge on any atom is 0.230 e. The highest BCUT2D eigenvalue weighted by atomic mass is 16.5. The van der Waals surface area contributed by atoms with Crippen LogP contribution in [0.3, 0.4) is 0 Å². The van der Waals surface area contributed by atoms with Gasteiger partial charge in [0.1, 0.15) is 17.6 Å². The molecule has 1 fully saturated rings. The number of hydrogen-bond acceptors (Lipinski definition) is 6. The van der Waals surface area contributed by atoms with E-state index in [2.05, 4.69) is 22.0 Å². The van der Waals surface area contributed by atoms with E-state index in [1.165, 1.54) is 0 Å². The van der Waals surface area contributed by atoms with E-state index in [0.29, 0.717) is 29.7 Å². The average Bonchev–Trinajstić information content (AvgIpc) is 3.23. The molecule has 1 atom stereocenters. The Hall–Kier alpha value is -2.47. The lowest BCUT2D eigenvalue weighted by molar-refractivity contribution is 0.00598. The summed E-state index contributed by atoms with van der Waals surface area (Å²) < 4.78 is 10.8. The molecule has 130 valence electrons. The molecule has 0 aliphatic heterocycles. The molecule has 25 heavy (non-hydrogen) atoms. The number of oxazole rings is 1. The Kier molecular flexibility index (Phi) is 4.13. The summed E-state index contributed by atoms with van der Waals surface area (Å²) in [4.78, 5) is 8.79. The van der Waals surface area contributed by atoms with Gasteiger partial charge in [0.05, 0.1) is 6.42 Å². The lowest BCUT2D eigenvalue weighted by Crippen LogP contribution is -2.31. The molecule has 0 amide bonds. The van der Waals surface area contributed by atoms with Crippen molar-refractivity contribution in [1.29, 1.82) is 0 Å². The average molecular weight is 339 g/mol. The number of hydrogen-bond donors (Lipinski definition) is 1. The third kappa shape index (κ3) is 3.22. The Morgan fingerprint density at radius 2 is 1.96 bits per heavy atom. The van der Waals surface area contributed by atoms with Gasteiger partial charge in [-0.1, -0.05) is 42.4 Å². The molecule has 1 N–H and O–H groups in total. The normalized spacial score (nSPS) is 16.7. The van der Waals surface area contributed by atoms with Crippen LogP contribution < -0.4 is 0 Å². The van der Waals surface area contributed by atoms with Crippen LogP contribution >= 0.6 is 0 Å². The van der Waals surface area contributed by atoms with Crippen molar-refractivity contribution in [3.8, 4) is 11.5 Å². The van der Waals surface area contributed by atoms with Crippen molar-refractivity contribution in [3.63, 3.8) is 0 Å². The topological polar surface area (TPSA) is 85.2 Å². The van der Waals surface area contributed by atoms with E-state index < -0.39 is 5.60 Å². The Morgan fingerprint density at radius 1 is 1.16 bits per heavy atom. The third-order valence-corrected chi connectivity index (χ3v) is 4.66. The fraction of sp³-hybridized carbons (Fsp3) is 0.421. The van der Waals surface area contributed by atoms with Crippen molar-refractivity contribution >= 4 is 0 Å². The van der Waals surface area contributed by atoms with Gasteiger partial charge in [-0.3, -0.25) is 0 Å². The number of benzene rings is 1. The number of aromatic nitrogens is 3. The van der Waals surface area contributed by atoms with Crippen molar-refractivity contribution in [2.75, 3.05) is 0 Å². The second kappa shape index (κ2) is 6.44. The van der Waals surface area contributed by atoms with Gasteiger partial charge < -0.3 is 14.0 Å². The third-order valence-electron chi connectivity index (χ3n) is 4.66. The second-order valence-electron chi connectivity index (χ2n) is 6.63. The van der Waals surface area contributed by atoms with Crippen LogP contribution in [0.4, 0.5) is 0 Å². The predicted molar refractivity (Wildman–Crippen MR) is 90.6 cm³/mol. The van der Waals surface area contributed by atoms with Gasteiger partial charge in [-0.15, -0.1) is 0 Å². The van der Waals surface area contributed by atoms with Crippen LogP contribution in [0.2, 0.25) is 0 Å². The summed E-state index contributed by atoms with van der Waals surface area (Å²) in [6.07, 6.45) is 5.60. The first-order chi connectivity index (χ1) is 12.2. The molecule has 4 rings (SSSR count). The van der Waals surface area contributed by atoms with Gasteiger partial charge in [-0.05, 0) is 30.7 Å². The van der Waals surface area contributed by atoms with Crippen molar-refractivity contribution in [2.24, 2.45) is 5.92 Å². The highest BCUT2D eigenvalue weighted by molar-refractivity contribution is 5.45. The second-order valence-corrected chi connectivity index (χ2v) is 6.63. The van der Waals surface area contributed by atoms with Crippen LogP contribution in [0.1, 0.15) is 43.5 Å². The zero-order chi connectivity index (χ0) is 17.3. The maximum absolute atomic E-state index is 11.3. The summed E-state index contributed by atoms with van der Waals surface area (Å²) in [5, 5.41) is 15.3. The summed E-state index contributed by atoms with van der Waals surface area (Å²) in [7, 11) is 0. The lowest BCUT2D eigenvalue weighted by Gasteiger charge is -2.27. The molecule has 2 aromatic heterocycles. The highest BCUT2D eigenvalue weighted by Crippen LogP contribution is 2.47. The van der Waals surface area contributed by atoms with Gasteiger partial charge in [-0.2, -0.15) is 4.98 Å². The Labute approximate surface area is 145 Å². The van der Waals surface area contributed by atoms with Gasteiger partial charge in [0.25, 0.3) is 0 Å². The van der Waals surface area contributed by atoms with Gasteiger partial charge >= 0.3 is 0 Å². The zero-order valence-electron chi connectivity index (χ0n) is 14.2. The van der Waals surface area contributed by atoms with E-state index in [1.807, 2.05) is 30.3 Å². The molecule has 1 aliphatic rings. The van der Waals surface area contributed by atoms with Gasteiger partial charge in [0.15, 0.2) is 5.89 Å². The Morgan fingerprint density at radius 3 is 2.68 bits per heavy atom. The van der Waals surface area contributed by atoms with Crippen molar-refractivity contribution in [2.45, 2.75) is 44.6 Å². The number of rotatable bonds is 7. The molecule has 0 saturated heterocycles. The Balaban J connectivity index is 1.57. The first kappa shape index (κ1) is 16.0. The van der Waals surface area contributed by atoms with Gasteiger partial charge in [-0.25, -0.2) is 4.98 Å². The van der Waals surface area contributed by atoms with Crippen LogP contribution in [0.15, 0.2) is 45.5 Å². The minimum Gasteiger partial charge on any atom is -0.448 e. The van der Waals surface area contributed by atoms with E-state index in [1.54, 1.807) is 6.26 Å². The molecule has 6 heteroatoms. The molecular weight excluding hydrogens is 318 g/mol. The quantitative estimate of drug-likeness (QED) is 0.709. The number of aliphatic hydroxyl groups is 1. The predicted octanol–water partition coefficient (Wildman–Crippen LogP) is 3.52. The van der Waals surface area contributed by atoms with E-state index in [4.69, 9.17) is 8.94 Å². The first-order valence-corrected chi connectivity index (χ1v) is 8.74. The first-order valence-electron chi connectivity index (χ1n) is 8.74. The smallest absolute Gasteiger partial charge is 0.230 e.